The normalized spacial score (nSPS) is 24.1. The number of esters is 1. The van der Waals surface area contributed by atoms with Gasteiger partial charge in [-0.2, -0.15) is 0 Å². The van der Waals surface area contributed by atoms with Crippen molar-refractivity contribution in [2.75, 3.05) is 7.11 Å². The molecule has 0 aromatic heterocycles. The Balaban J connectivity index is 2.54. The van der Waals surface area contributed by atoms with Gasteiger partial charge in [-0.25, -0.2) is 4.79 Å². The van der Waals surface area contributed by atoms with Crippen molar-refractivity contribution in [3.05, 3.63) is 6.42 Å². The average molecular weight is 155 g/mol. The summed E-state index contributed by atoms with van der Waals surface area (Å²) in [6.07, 6.45) is 3.92. The fourth-order valence-corrected chi connectivity index (χ4v) is 1.23. The van der Waals surface area contributed by atoms with Gasteiger partial charge in [0, 0.05) is 0 Å². The molecule has 0 amide bonds. The van der Waals surface area contributed by atoms with Crippen molar-refractivity contribution in [3.8, 4) is 0 Å². The molecule has 0 aliphatic heterocycles. The van der Waals surface area contributed by atoms with Gasteiger partial charge in [-0.1, -0.05) is 0 Å². The Morgan fingerprint density at radius 3 is 3.00 bits per heavy atom. The standard InChI is InChI=1S/C8H11O3/c1-11-8(10)6-4-2-3-5-7(6)9/h5-6H,2-4H2,1H3/q+1. The second kappa shape index (κ2) is 3.42. The summed E-state index contributed by atoms with van der Waals surface area (Å²) in [4.78, 5) is 22.0. The van der Waals surface area contributed by atoms with Crippen LogP contribution in [0.5, 0.6) is 0 Å². The fraction of sp³-hybridized carbons (Fsp3) is 0.625. The van der Waals surface area contributed by atoms with E-state index < -0.39 is 11.9 Å². The first-order valence-electron chi connectivity index (χ1n) is 3.70. The van der Waals surface area contributed by atoms with E-state index in [1.54, 1.807) is 6.42 Å². The number of methoxy groups -OCH3 is 1. The summed E-state index contributed by atoms with van der Waals surface area (Å²) in [6, 6.07) is 0. The number of carbonyl (C=O) groups excluding carboxylic acids is 2. The maximum atomic E-state index is 11.0. The van der Waals surface area contributed by atoms with Crippen LogP contribution in [-0.4, -0.2) is 18.9 Å². The molecule has 1 saturated carbocycles. The number of carbonyl (C=O) groups is 2. The molecule has 0 aromatic rings. The maximum absolute atomic E-state index is 11.0. The monoisotopic (exact) mass is 155 g/mol. The van der Waals surface area contributed by atoms with Crippen LogP contribution >= 0.6 is 0 Å². The molecule has 1 unspecified atom stereocenters. The quantitative estimate of drug-likeness (QED) is 0.318. The molecule has 0 aromatic carbocycles. The van der Waals surface area contributed by atoms with Gasteiger partial charge in [-0.3, -0.25) is 4.79 Å². The molecule has 0 radical (unpaired) electrons. The number of Topliss-reactive ketones (excluding diaryl/α,β-unsaturated/α-hetero) is 1. The second-order valence-electron chi connectivity index (χ2n) is 2.61. The third-order valence-electron chi connectivity index (χ3n) is 1.87. The zero-order valence-electron chi connectivity index (χ0n) is 6.50. The predicted octanol–water partition coefficient (Wildman–Crippen LogP) is 0.733. The van der Waals surface area contributed by atoms with Crippen molar-refractivity contribution in [2.24, 2.45) is 5.92 Å². The Labute approximate surface area is 65.7 Å². The van der Waals surface area contributed by atoms with E-state index in [1.165, 1.54) is 7.11 Å². The van der Waals surface area contributed by atoms with Crippen LogP contribution in [0.2, 0.25) is 0 Å². The van der Waals surface area contributed by atoms with E-state index in [0.29, 0.717) is 6.42 Å². The molecule has 1 rings (SSSR count). The van der Waals surface area contributed by atoms with Crippen molar-refractivity contribution >= 4 is 11.8 Å². The summed E-state index contributed by atoms with van der Waals surface area (Å²) in [5.74, 6) is -0.997. The molecule has 1 atom stereocenters. The van der Waals surface area contributed by atoms with Gasteiger partial charge in [0.05, 0.1) is 13.5 Å². The summed E-state index contributed by atoms with van der Waals surface area (Å²) >= 11 is 0. The van der Waals surface area contributed by atoms with Crippen LogP contribution in [0.1, 0.15) is 19.3 Å². The molecule has 1 aliphatic rings. The summed E-state index contributed by atoms with van der Waals surface area (Å²) in [5.41, 5.74) is 0. The van der Waals surface area contributed by atoms with E-state index in [0.717, 1.165) is 12.8 Å². The highest BCUT2D eigenvalue weighted by Gasteiger charge is 2.36. The van der Waals surface area contributed by atoms with Gasteiger partial charge in [0.25, 0.3) is 0 Å². The molecule has 0 saturated heterocycles. The maximum Gasteiger partial charge on any atom is 0.320 e. The molecular formula is C8H11O3+. The van der Waals surface area contributed by atoms with Crippen LogP contribution in [0, 0.1) is 12.3 Å². The van der Waals surface area contributed by atoms with Crippen molar-refractivity contribution in [1.29, 1.82) is 0 Å². The highest BCUT2D eigenvalue weighted by molar-refractivity contribution is 6.03. The van der Waals surface area contributed by atoms with Crippen molar-refractivity contribution < 1.29 is 14.3 Å². The first-order valence-corrected chi connectivity index (χ1v) is 3.70. The van der Waals surface area contributed by atoms with Crippen molar-refractivity contribution in [1.82, 2.24) is 0 Å². The summed E-state index contributed by atoms with van der Waals surface area (Å²) in [6.45, 7) is 0. The Morgan fingerprint density at radius 2 is 2.45 bits per heavy atom. The number of ether oxygens (including phenoxy) is 1. The SMILES string of the molecule is COC(=O)C1CCC[CH+]C1=O. The lowest BCUT2D eigenvalue weighted by molar-refractivity contribution is -0.149. The highest BCUT2D eigenvalue weighted by atomic mass is 16.5. The molecule has 1 fully saturated rings. The van der Waals surface area contributed by atoms with E-state index in [2.05, 4.69) is 4.74 Å². The minimum Gasteiger partial charge on any atom is -0.468 e. The van der Waals surface area contributed by atoms with Gasteiger partial charge >= 0.3 is 11.8 Å². The topological polar surface area (TPSA) is 43.4 Å². The van der Waals surface area contributed by atoms with E-state index in [1.807, 2.05) is 0 Å². The van der Waals surface area contributed by atoms with Gasteiger partial charge in [-0.05, 0) is 12.8 Å². The molecule has 0 N–H and O–H groups in total. The van der Waals surface area contributed by atoms with Crippen LogP contribution in [0.3, 0.4) is 0 Å². The Hall–Kier alpha value is -0.990. The van der Waals surface area contributed by atoms with Crippen LogP contribution in [0.4, 0.5) is 0 Å². The Kier molecular flexibility index (Phi) is 2.52. The van der Waals surface area contributed by atoms with Gasteiger partial charge in [0.2, 0.25) is 0 Å². The van der Waals surface area contributed by atoms with Gasteiger partial charge < -0.3 is 4.74 Å². The Bertz CT molecular complexity index is 166. The minimum atomic E-state index is -0.520. The molecule has 0 heterocycles. The second-order valence-corrected chi connectivity index (χ2v) is 2.61. The summed E-state index contributed by atoms with van der Waals surface area (Å²) in [7, 11) is 1.31. The molecule has 60 valence electrons. The van der Waals surface area contributed by atoms with Gasteiger partial charge in [-0.15, -0.1) is 0 Å². The summed E-state index contributed by atoms with van der Waals surface area (Å²) < 4.78 is 4.48. The Morgan fingerprint density at radius 1 is 1.73 bits per heavy atom. The number of ketones is 1. The van der Waals surface area contributed by atoms with E-state index >= 15 is 0 Å². The lowest BCUT2D eigenvalue weighted by atomic mass is 9.88. The van der Waals surface area contributed by atoms with E-state index in [9.17, 15) is 9.59 Å². The van der Waals surface area contributed by atoms with E-state index in [-0.39, 0.29) is 5.78 Å². The predicted molar refractivity (Wildman–Crippen MR) is 38.7 cm³/mol. The molecule has 3 nitrogen and oxygen atoms in total. The first-order chi connectivity index (χ1) is 5.25. The number of hydrogen-bond acceptors (Lipinski definition) is 3. The first kappa shape index (κ1) is 8.11. The molecule has 0 bridgehead atoms. The third-order valence-corrected chi connectivity index (χ3v) is 1.87. The minimum absolute atomic E-state index is 0.0805. The van der Waals surface area contributed by atoms with Crippen LogP contribution < -0.4 is 0 Å². The lowest BCUT2D eigenvalue weighted by Gasteiger charge is -2.11. The van der Waals surface area contributed by atoms with Crippen LogP contribution in [-0.2, 0) is 14.3 Å². The zero-order valence-corrected chi connectivity index (χ0v) is 6.50. The van der Waals surface area contributed by atoms with Gasteiger partial charge in [0.1, 0.15) is 6.42 Å². The number of hydrogen-bond donors (Lipinski definition) is 0. The van der Waals surface area contributed by atoms with Crippen LogP contribution in [0.25, 0.3) is 0 Å². The summed E-state index contributed by atoms with van der Waals surface area (Å²) in [5, 5.41) is 0. The van der Waals surface area contributed by atoms with Crippen molar-refractivity contribution in [2.45, 2.75) is 19.3 Å². The number of rotatable bonds is 1. The molecule has 1 aliphatic carbocycles. The fourth-order valence-electron chi connectivity index (χ4n) is 1.23. The average Bonchev–Trinajstić information content (AvgIpc) is 2.04. The van der Waals surface area contributed by atoms with Gasteiger partial charge in [0.15, 0.2) is 5.92 Å². The molecule has 0 spiro atoms. The largest absolute Gasteiger partial charge is 0.468 e. The lowest BCUT2D eigenvalue weighted by Crippen LogP contribution is -2.28. The van der Waals surface area contributed by atoms with E-state index in [4.69, 9.17) is 0 Å². The highest BCUT2D eigenvalue weighted by Crippen LogP contribution is 2.20. The van der Waals surface area contributed by atoms with Crippen LogP contribution in [0.15, 0.2) is 0 Å². The molecular weight excluding hydrogens is 144 g/mol. The molecule has 3 heteroatoms. The smallest absolute Gasteiger partial charge is 0.320 e. The zero-order chi connectivity index (χ0) is 8.27. The molecule has 11 heavy (non-hydrogen) atoms. The third kappa shape index (κ3) is 1.73. The van der Waals surface area contributed by atoms with Crippen molar-refractivity contribution in [3.63, 3.8) is 0 Å².